The Morgan fingerprint density at radius 1 is 1.29 bits per heavy atom. The van der Waals surface area contributed by atoms with E-state index in [2.05, 4.69) is 22.3 Å². The van der Waals surface area contributed by atoms with Gasteiger partial charge in [-0.15, -0.1) is 11.0 Å². The molecule has 0 bridgehead atoms. The van der Waals surface area contributed by atoms with Crippen LogP contribution in [0.5, 0.6) is 0 Å². The van der Waals surface area contributed by atoms with Crippen LogP contribution in [0.4, 0.5) is 30.4 Å². The molecule has 3 rings (SSSR count). The number of carbonyl (C=O) groups excluding carboxylic acids is 1. The minimum atomic E-state index is -5.21. The lowest BCUT2D eigenvalue weighted by Crippen LogP contribution is -2.61. The third-order valence-corrected chi connectivity index (χ3v) is 4.91. The predicted molar refractivity (Wildman–Crippen MR) is 107 cm³/mol. The lowest BCUT2D eigenvalue weighted by molar-refractivity contribution is -0.203. The van der Waals surface area contributed by atoms with Crippen LogP contribution in [0, 0.1) is 11.8 Å². The van der Waals surface area contributed by atoms with Gasteiger partial charge in [0, 0.05) is 47.3 Å². The van der Waals surface area contributed by atoms with Gasteiger partial charge in [0.1, 0.15) is 5.69 Å². The Morgan fingerprint density at radius 3 is 2.48 bits per heavy atom. The highest BCUT2D eigenvalue weighted by Crippen LogP contribution is 2.44. The van der Waals surface area contributed by atoms with Crippen LogP contribution >= 0.6 is 0 Å². The first-order valence-electron chi connectivity index (χ1n) is 9.56. The standard InChI is InChI=1S/C18H24F3N7O3/c1-5-6-9-27-13-12(14(24(2)3)23-25(4)15(13)29)28(31-16(30)18(19,20)21)17(27)26-10-7-22-8-11-26/h17,22H,7-11H2,1-4H3. The molecule has 10 nitrogen and oxygen atoms in total. The van der Waals surface area contributed by atoms with Crippen molar-refractivity contribution in [3.8, 4) is 11.8 Å². The summed E-state index contributed by atoms with van der Waals surface area (Å²) in [5.41, 5.74) is -0.473. The van der Waals surface area contributed by atoms with Gasteiger partial charge in [0.25, 0.3) is 5.56 Å². The summed E-state index contributed by atoms with van der Waals surface area (Å²) in [4.78, 5) is 34.7. The minimum Gasteiger partial charge on any atom is -0.359 e. The Kier molecular flexibility index (Phi) is 6.33. The molecule has 0 radical (unpaired) electrons. The zero-order valence-corrected chi connectivity index (χ0v) is 17.7. The molecule has 3 heterocycles. The van der Waals surface area contributed by atoms with Gasteiger partial charge in [0.2, 0.25) is 0 Å². The van der Waals surface area contributed by atoms with Crippen molar-refractivity contribution in [2.24, 2.45) is 7.05 Å². The maximum Gasteiger partial charge on any atom is 0.493 e. The molecule has 1 aromatic rings. The van der Waals surface area contributed by atoms with Crippen LogP contribution in [0.2, 0.25) is 0 Å². The van der Waals surface area contributed by atoms with Crippen LogP contribution in [0.15, 0.2) is 4.79 Å². The molecule has 31 heavy (non-hydrogen) atoms. The topological polar surface area (TPSA) is 86.2 Å². The van der Waals surface area contributed by atoms with Gasteiger partial charge in [-0.2, -0.15) is 18.2 Å². The highest BCUT2D eigenvalue weighted by molar-refractivity contribution is 5.87. The molecule has 0 spiro atoms. The van der Waals surface area contributed by atoms with Gasteiger partial charge < -0.3 is 20.0 Å². The summed E-state index contributed by atoms with van der Waals surface area (Å²) in [6.07, 6.45) is -6.20. The van der Waals surface area contributed by atoms with Crippen LogP contribution in [0.25, 0.3) is 0 Å². The monoisotopic (exact) mass is 443 g/mol. The van der Waals surface area contributed by atoms with E-state index >= 15 is 0 Å². The van der Waals surface area contributed by atoms with Crippen molar-refractivity contribution in [1.29, 1.82) is 0 Å². The van der Waals surface area contributed by atoms with E-state index in [-0.39, 0.29) is 23.7 Å². The van der Waals surface area contributed by atoms with E-state index in [0.717, 1.165) is 9.75 Å². The average molecular weight is 443 g/mol. The molecule has 1 aromatic heterocycles. The largest absolute Gasteiger partial charge is 0.493 e. The highest BCUT2D eigenvalue weighted by Gasteiger charge is 2.50. The van der Waals surface area contributed by atoms with Crippen LogP contribution in [0.3, 0.4) is 0 Å². The molecule has 1 saturated heterocycles. The van der Waals surface area contributed by atoms with E-state index in [1.807, 2.05) is 4.90 Å². The second kappa shape index (κ2) is 8.64. The summed E-state index contributed by atoms with van der Waals surface area (Å²) < 4.78 is 40.4. The molecular weight excluding hydrogens is 419 g/mol. The molecule has 2 aliphatic rings. The zero-order valence-electron chi connectivity index (χ0n) is 17.7. The number of piperazine rings is 1. The second-order valence-corrected chi connectivity index (χ2v) is 7.23. The molecule has 1 unspecified atom stereocenters. The second-order valence-electron chi connectivity index (χ2n) is 7.23. The van der Waals surface area contributed by atoms with E-state index in [1.54, 1.807) is 25.9 Å². The summed E-state index contributed by atoms with van der Waals surface area (Å²) in [6, 6.07) is 0. The zero-order chi connectivity index (χ0) is 22.9. The maximum atomic E-state index is 13.1. The first-order valence-corrected chi connectivity index (χ1v) is 9.56. The number of hydrogen-bond donors (Lipinski definition) is 1. The van der Waals surface area contributed by atoms with Crippen molar-refractivity contribution in [3.05, 3.63) is 10.4 Å². The fourth-order valence-corrected chi connectivity index (χ4v) is 3.53. The van der Waals surface area contributed by atoms with Crippen molar-refractivity contribution in [2.45, 2.75) is 19.4 Å². The Hall–Kier alpha value is -2.98. The van der Waals surface area contributed by atoms with E-state index < -0.39 is 24.0 Å². The van der Waals surface area contributed by atoms with E-state index in [4.69, 9.17) is 4.84 Å². The van der Waals surface area contributed by atoms with Crippen molar-refractivity contribution in [1.82, 2.24) is 20.0 Å². The number of carbonyl (C=O) groups is 1. The van der Waals surface area contributed by atoms with Gasteiger partial charge in [-0.1, -0.05) is 5.92 Å². The molecule has 0 aliphatic carbocycles. The predicted octanol–water partition coefficient (Wildman–Crippen LogP) is -0.295. The Balaban J connectivity index is 2.23. The number of aromatic nitrogens is 2. The number of nitrogens with one attached hydrogen (secondary N) is 1. The van der Waals surface area contributed by atoms with Crippen molar-refractivity contribution in [3.63, 3.8) is 0 Å². The number of fused-ring (bicyclic) bond motifs is 1. The van der Waals surface area contributed by atoms with Crippen LogP contribution in [-0.4, -0.2) is 79.9 Å². The molecule has 1 N–H and O–H groups in total. The Labute approximate surface area is 177 Å². The van der Waals surface area contributed by atoms with Gasteiger partial charge in [-0.05, 0) is 6.92 Å². The van der Waals surface area contributed by atoms with Crippen molar-refractivity contribution >= 4 is 23.2 Å². The van der Waals surface area contributed by atoms with E-state index in [0.29, 0.717) is 26.2 Å². The van der Waals surface area contributed by atoms with Gasteiger partial charge in [0.15, 0.2) is 17.8 Å². The third kappa shape index (κ3) is 4.26. The quantitative estimate of drug-likeness (QED) is 0.631. The molecular formula is C18H24F3N7O3. The van der Waals surface area contributed by atoms with Gasteiger partial charge in [-0.3, -0.25) is 9.69 Å². The number of aryl methyl sites for hydroxylation is 1. The first kappa shape index (κ1) is 22.7. The number of anilines is 3. The summed E-state index contributed by atoms with van der Waals surface area (Å²) in [5.74, 6) is 3.40. The molecule has 0 aromatic carbocycles. The summed E-state index contributed by atoms with van der Waals surface area (Å²) >= 11 is 0. The van der Waals surface area contributed by atoms with Gasteiger partial charge in [-0.25, -0.2) is 9.48 Å². The van der Waals surface area contributed by atoms with Crippen molar-refractivity contribution < 1.29 is 22.8 Å². The fourth-order valence-electron chi connectivity index (χ4n) is 3.53. The number of alkyl halides is 3. The van der Waals surface area contributed by atoms with E-state index in [9.17, 15) is 22.8 Å². The van der Waals surface area contributed by atoms with Crippen LogP contribution in [0.1, 0.15) is 6.92 Å². The number of nitrogens with zero attached hydrogens (tertiary/aromatic N) is 6. The van der Waals surface area contributed by atoms with Gasteiger partial charge in [0.05, 0.1) is 6.54 Å². The molecule has 170 valence electrons. The Bertz CT molecular complexity index is 961. The molecule has 1 atom stereocenters. The number of rotatable bonds is 4. The molecule has 1 fully saturated rings. The summed E-state index contributed by atoms with van der Waals surface area (Å²) in [7, 11) is 4.71. The SMILES string of the molecule is CC#CCN1c2c(c(N(C)C)nn(C)c2=O)N(OC(=O)C(F)(F)F)C1N1CCNCC1. The molecule has 13 heteroatoms. The smallest absolute Gasteiger partial charge is 0.359 e. The number of hydrogen-bond acceptors (Lipinski definition) is 9. The number of hydroxylamine groups is 1. The lowest BCUT2D eigenvalue weighted by atomic mass is 10.3. The fraction of sp³-hybridized carbons (Fsp3) is 0.611. The summed E-state index contributed by atoms with van der Waals surface area (Å²) in [5, 5.41) is 8.19. The normalized spacial score (nSPS) is 19.0. The summed E-state index contributed by atoms with van der Waals surface area (Å²) in [6.45, 7) is 3.74. The minimum absolute atomic E-state index is 0.00728. The van der Waals surface area contributed by atoms with Crippen LogP contribution in [-0.2, 0) is 16.7 Å². The van der Waals surface area contributed by atoms with E-state index in [1.165, 1.54) is 11.9 Å². The van der Waals surface area contributed by atoms with Crippen molar-refractivity contribution in [2.75, 3.05) is 61.7 Å². The Morgan fingerprint density at radius 2 is 1.94 bits per heavy atom. The third-order valence-electron chi connectivity index (χ3n) is 4.91. The maximum absolute atomic E-state index is 13.1. The van der Waals surface area contributed by atoms with Crippen LogP contribution < -0.4 is 25.7 Å². The molecule has 2 aliphatic heterocycles. The number of halogens is 3. The molecule has 0 saturated carbocycles. The molecule has 0 amide bonds. The first-order chi connectivity index (χ1) is 14.6. The highest BCUT2D eigenvalue weighted by atomic mass is 19.4. The lowest BCUT2D eigenvalue weighted by Gasteiger charge is -2.40. The van der Waals surface area contributed by atoms with Gasteiger partial charge >= 0.3 is 12.1 Å². The average Bonchev–Trinajstić information content (AvgIpc) is 3.02.